The lowest BCUT2D eigenvalue weighted by Gasteiger charge is -2.34. The van der Waals surface area contributed by atoms with Crippen molar-refractivity contribution >= 4 is 5.69 Å². The van der Waals surface area contributed by atoms with Crippen molar-refractivity contribution in [3.05, 3.63) is 53.8 Å². The molecule has 2 nitrogen and oxygen atoms in total. The van der Waals surface area contributed by atoms with Crippen molar-refractivity contribution < 1.29 is 4.39 Å². The first-order valence-electron chi connectivity index (χ1n) is 7.62. The van der Waals surface area contributed by atoms with E-state index in [0.29, 0.717) is 0 Å². The molecule has 0 radical (unpaired) electrons. The molecule has 1 spiro atoms. The normalized spacial score (nSPS) is 19.3. The van der Waals surface area contributed by atoms with Crippen LogP contribution in [0, 0.1) is 5.82 Å². The van der Waals surface area contributed by atoms with Gasteiger partial charge in [0.15, 0.2) is 0 Å². The van der Waals surface area contributed by atoms with Gasteiger partial charge in [0, 0.05) is 17.6 Å². The van der Waals surface area contributed by atoms with Gasteiger partial charge >= 0.3 is 0 Å². The first kappa shape index (κ1) is 12.8. The molecule has 0 aromatic heterocycles. The van der Waals surface area contributed by atoms with Crippen molar-refractivity contribution in [2.45, 2.75) is 18.3 Å². The van der Waals surface area contributed by atoms with Crippen LogP contribution in [0.15, 0.2) is 42.5 Å². The molecule has 0 bridgehead atoms. The molecule has 0 unspecified atom stereocenters. The van der Waals surface area contributed by atoms with Crippen molar-refractivity contribution in [1.82, 2.24) is 5.32 Å². The first-order chi connectivity index (χ1) is 10.3. The minimum absolute atomic E-state index is 0.178. The van der Waals surface area contributed by atoms with Crippen LogP contribution in [0.4, 0.5) is 10.1 Å². The van der Waals surface area contributed by atoms with Crippen LogP contribution in [0.5, 0.6) is 0 Å². The van der Waals surface area contributed by atoms with E-state index in [0.717, 1.165) is 30.8 Å². The SMILES string of the molecule is Fc1cccc(-c2ccc3c(c2)C2(CCNCC2)CN3)c1. The molecule has 2 aromatic carbocycles. The Bertz CT molecular complexity index is 669. The second-order valence-electron chi connectivity index (χ2n) is 6.15. The average molecular weight is 282 g/mol. The molecule has 108 valence electrons. The van der Waals surface area contributed by atoms with Crippen LogP contribution in [-0.4, -0.2) is 19.6 Å². The van der Waals surface area contributed by atoms with Crippen molar-refractivity contribution in [3.63, 3.8) is 0 Å². The van der Waals surface area contributed by atoms with E-state index in [1.807, 2.05) is 6.07 Å². The molecule has 4 rings (SSSR count). The molecule has 0 saturated carbocycles. The van der Waals surface area contributed by atoms with E-state index in [4.69, 9.17) is 0 Å². The Morgan fingerprint density at radius 1 is 0.952 bits per heavy atom. The first-order valence-corrected chi connectivity index (χ1v) is 7.62. The fraction of sp³-hybridized carbons (Fsp3) is 0.333. The lowest BCUT2D eigenvalue weighted by molar-refractivity contribution is 0.335. The van der Waals surface area contributed by atoms with Crippen LogP contribution in [0.25, 0.3) is 11.1 Å². The van der Waals surface area contributed by atoms with Gasteiger partial charge in [0.2, 0.25) is 0 Å². The maximum atomic E-state index is 13.5. The van der Waals surface area contributed by atoms with Crippen LogP contribution >= 0.6 is 0 Å². The van der Waals surface area contributed by atoms with Gasteiger partial charge in [-0.25, -0.2) is 4.39 Å². The Morgan fingerprint density at radius 3 is 2.57 bits per heavy atom. The molecule has 2 heterocycles. The van der Waals surface area contributed by atoms with Crippen LogP contribution in [0.2, 0.25) is 0 Å². The highest BCUT2D eigenvalue weighted by Crippen LogP contribution is 2.44. The zero-order chi connectivity index (χ0) is 14.3. The molecule has 2 aliphatic rings. The summed E-state index contributed by atoms with van der Waals surface area (Å²) in [5.41, 5.74) is 4.97. The number of nitrogens with one attached hydrogen (secondary N) is 2. The molecule has 2 aliphatic heterocycles. The predicted octanol–water partition coefficient (Wildman–Crippen LogP) is 3.54. The van der Waals surface area contributed by atoms with Gasteiger partial charge < -0.3 is 10.6 Å². The lowest BCUT2D eigenvalue weighted by Crippen LogP contribution is -2.41. The number of halogens is 1. The minimum atomic E-state index is -0.178. The van der Waals surface area contributed by atoms with Crippen molar-refractivity contribution in [2.24, 2.45) is 0 Å². The van der Waals surface area contributed by atoms with Crippen molar-refractivity contribution in [3.8, 4) is 11.1 Å². The third kappa shape index (κ3) is 2.12. The summed E-state index contributed by atoms with van der Waals surface area (Å²) in [5.74, 6) is -0.178. The Labute approximate surface area is 124 Å². The van der Waals surface area contributed by atoms with Gasteiger partial charge in [-0.1, -0.05) is 18.2 Å². The van der Waals surface area contributed by atoms with Gasteiger partial charge in [-0.15, -0.1) is 0 Å². The molecule has 0 amide bonds. The highest BCUT2D eigenvalue weighted by atomic mass is 19.1. The molecule has 3 heteroatoms. The highest BCUT2D eigenvalue weighted by molar-refractivity contribution is 5.72. The van der Waals surface area contributed by atoms with E-state index in [1.54, 1.807) is 12.1 Å². The molecule has 0 atom stereocenters. The Morgan fingerprint density at radius 2 is 1.76 bits per heavy atom. The second-order valence-corrected chi connectivity index (χ2v) is 6.15. The molecule has 21 heavy (non-hydrogen) atoms. The Hall–Kier alpha value is -1.87. The van der Waals surface area contributed by atoms with E-state index in [2.05, 4.69) is 28.8 Å². The summed E-state index contributed by atoms with van der Waals surface area (Å²) in [4.78, 5) is 0. The number of anilines is 1. The van der Waals surface area contributed by atoms with E-state index in [9.17, 15) is 4.39 Å². The maximum Gasteiger partial charge on any atom is 0.123 e. The number of piperidine rings is 1. The van der Waals surface area contributed by atoms with Crippen LogP contribution in [0.3, 0.4) is 0 Å². The van der Waals surface area contributed by atoms with E-state index in [-0.39, 0.29) is 11.2 Å². The molecular formula is C18H19FN2. The number of benzene rings is 2. The molecule has 2 N–H and O–H groups in total. The zero-order valence-electron chi connectivity index (χ0n) is 12.0. The summed E-state index contributed by atoms with van der Waals surface area (Å²) in [6, 6.07) is 13.3. The summed E-state index contributed by atoms with van der Waals surface area (Å²) in [6.45, 7) is 3.17. The van der Waals surface area contributed by atoms with Gasteiger partial charge in [-0.05, 0) is 66.9 Å². The molecular weight excluding hydrogens is 263 g/mol. The third-order valence-corrected chi connectivity index (χ3v) is 4.93. The number of rotatable bonds is 1. The minimum Gasteiger partial charge on any atom is -0.384 e. The average Bonchev–Trinajstić information content (AvgIpc) is 2.86. The standard InChI is InChI=1S/C18H19FN2/c19-15-3-1-2-13(10-15)14-4-5-17-16(11-14)18(12-21-17)6-8-20-9-7-18/h1-5,10-11,20-21H,6-9,12H2. The van der Waals surface area contributed by atoms with E-state index in [1.165, 1.54) is 30.2 Å². The summed E-state index contributed by atoms with van der Waals surface area (Å²) < 4.78 is 13.5. The Kier molecular flexibility index (Phi) is 2.96. The fourth-order valence-electron chi connectivity index (χ4n) is 3.70. The lowest BCUT2D eigenvalue weighted by atomic mass is 9.74. The topological polar surface area (TPSA) is 24.1 Å². The molecule has 1 saturated heterocycles. The van der Waals surface area contributed by atoms with Crippen LogP contribution in [0.1, 0.15) is 18.4 Å². The third-order valence-electron chi connectivity index (χ3n) is 4.93. The zero-order valence-corrected chi connectivity index (χ0v) is 12.0. The van der Waals surface area contributed by atoms with Gasteiger partial charge in [0.1, 0.15) is 5.82 Å². The molecule has 1 fully saturated rings. The monoisotopic (exact) mass is 282 g/mol. The van der Waals surface area contributed by atoms with E-state index < -0.39 is 0 Å². The summed E-state index contributed by atoms with van der Waals surface area (Å²) in [7, 11) is 0. The number of hydrogen-bond donors (Lipinski definition) is 2. The summed E-state index contributed by atoms with van der Waals surface area (Å²) in [6.07, 6.45) is 2.33. The maximum absolute atomic E-state index is 13.5. The largest absolute Gasteiger partial charge is 0.384 e. The highest BCUT2D eigenvalue weighted by Gasteiger charge is 2.39. The summed E-state index contributed by atoms with van der Waals surface area (Å²) in [5, 5.41) is 6.99. The van der Waals surface area contributed by atoms with Gasteiger partial charge in [-0.3, -0.25) is 0 Å². The number of hydrogen-bond acceptors (Lipinski definition) is 2. The fourth-order valence-corrected chi connectivity index (χ4v) is 3.70. The molecule has 2 aromatic rings. The van der Waals surface area contributed by atoms with Crippen molar-refractivity contribution in [2.75, 3.05) is 25.0 Å². The predicted molar refractivity (Wildman–Crippen MR) is 84.1 cm³/mol. The quantitative estimate of drug-likeness (QED) is 0.836. The smallest absolute Gasteiger partial charge is 0.123 e. The van der Waals surface area contributed by atoms with Crippen LogP contribution < -0.4 is 10.6 Å². The van der Waals surface area contributed by atoms with Gasteiger partial charge in [-0.2, -0.15) is 0 Å². The molecule has 0 aliphatic carbocycles. The number of fused-ring (bicyclic) bond motifs is 2. The van der Waals surface area contributed by atoms with Crippen molar-refractivity contribution in [1.29, 1.82) is 0 Å². The summed E-state index contributed by atoms with van der Waals surface area (Å²) >= 11 is 0. The van der Waals surface area contributed by atoms with Crippen LogP contribution in [-0.2, 0) is 5.41 Å². The van der Waals surface area contributed by atoms with Gasteiger partial charge in [0.25, 0.3) is 0 Å². The second kappa shape index (κ2) is 4.85. The van der Waals surface area contributed by atoms with E-state index >= 15 is 0 Å². The van der Waals surface area contributed by atoms with Gasteiger partial charge in [0.05, 0.1) is 0 Å². The Balaban J connectivity index is 1.78.